The van der Waals surface area contributed by atoms with Gasteiger partial charge in [-0.1, -0.05) is 23.2 Å². The summed E-state index contributed by atoms with van der Waals surface area (Å²) in [7, 11) is 0. The number of carbonyl (C=O) groups excluding carboxylic acids is 1. The first kappa shape index (κ1) is 15.4. The topological polar surface area (TPSA) is 66.0 Å². The number of benzene rings is 2. The monoisotopic (exact) mass is 344 g/mol. The first-order valence-electron chi connectivity index (χ1n) is 6.69. The van der Waals surface area contributed by atoms with E-state index in [9.17, 15) is 4.79 Å². The predicted octanol–water partition coefficient (Wildman–Crippen LogP) is 5.17. The lowest BCUT2D eigenvalue weighted by molar-refractivity contribution is 0.0998. The van der Waals surface area contributed by atoms with Crippen molar-refractivity contribution in [3.63, 3.8) is 0 Å². The van der Waals surface area contributed by atoms with Crippen molar-refractivity contribution in [2.75, 3.05) is 5.32 Å². The van der Waals surface area contributed by atoms with Crippen LogP contribution in [0.4, 0.5) is 5.69 Å². The lowest BCUT2D eigenvalue weighted by Gasteiger charge is -2.05. The third kappa shape index (κ3) is 2.89. The van der Waals surface area contributed by atoms with Gasteiger partial charge in [-0.15, -0.1) is 0 Å². The van der Waals surface area contributed by atoms with Crippen LogP contribution in [-0.2, 0) is 0 Å². The van der Waals surface area contributed by atoms with Gasteiger partial charge in [0.05, 0.1) is 10.6 Å². The molecule has 0 spiro atoms. The maximum Gasteiger partial charge on any atom is 0.291 e. The molecule has 0 atom stereocenters. The third-order valence-electron chi connectivity index (χ3n) is 3.45. The van der Waals surface area contributed by atoms with E-state index in [1.807, 2.05) is 6.07 Å². The molecule has 0 fully saturated rings. The normalized spacial score (nSPS) is 10.5. The van der Waals surface area contributed by atoms with E-state index < -0.39 is 5.91 Å². The zero-order valence-electron chi connectivity index (χ0n) is 12.0. The van der Waals surface area contributed by atoms with Crippen LogP contribution >= 0.6 is 23.2 Å². The van der Waals surface area contributed by atoms with E-state index >= 15 is 0 Å². The summed E-state index contributed by atoms with van der Waals surface area (Å²) in [5.41, 5.74) is 2.13. The Bertz CT molecular complexity index is 971. The summed E-state index contributed by atoms with van der Waals surface area (Å²) >= 11 is 11.9. The molecular formula is C17H10Cl2N2O2. The molecule has 2 aromatic carbocycles. The highest BCUT2D eigenvalue weighted by molar-refractivity contribution is 6.32. The fourth-order valence-electron chi connectivity index (χ4n) is 2.28. The third-order valence-corrected chi connectivity index (χ3v) is 4.00. The van der Waals surface area contributed by atoms with Gasteiger partial charge in [0.25, 0.3) is 5.91 Å². The zero-order chi connectivity index (χ0) is 16.6. The Morgan fingerprint density at radius 1 is 1.22 bits per heavy atom. The van der Waals surface area contributed by atoms with Gasteiger partial charge in [0, 0.05) is 21.7 Å². The van der Waals surface area contributed by atoms with Crippen molar-refractivity contribution in [1.82, 2.24) is 0 Å². The number of nitrogens with one attached hydrogen (secondary N) is 1. The van der Waals surface area contributed by atoms with Crippen molar-refractivity contribution < 1.29 is 9.21 Å². The summed E-state index contributed by atoms with van der Waals surface area (Å²) in [6.07, 6.45) is 0. The van der Waals surface area contributed by atoms with Crippen LogP contribution in [-0.4, -0.2) is 5.91 Å². The maximum atomic E-state index is 12.4. The Morgan fingerprint density at radius 2 is 2.00 bits per heavy atom. The van der Waals surface area contributed by atoms with Gasteiger partial charge in [-0.2, -0.15) is 5.26 Å². The number of nitrogens with zero attached hydrogens (tertiary/aromatic N) is 1. The molecule has 0 aliphatic heterocycles. The molecule has 0 radical (unpaired) electrons. The van der Waals surface area contributed by atoms with Crippen LogP contribution in [0.2, 0.25) is 10.0 Å². The Balaban J connectivity index is 1.93. The SMILES string of the molecule is Cc1c(C(=O)Nc2ccc(C#N)c(Cl)c2)oc2ccc(Cl)cc12. The second-order valence-electron chi connectivity index (χ2n) is 4.96. The number of anilines is 1. The van der Waals surface area contributed by atoms with E-state index in [0.717, 1.165) is 5.39 Å². The highest BCUT2D eigenvalue weighted by atomic mass is 35.5. The van der Waals surface area contributed by atoms with E-state index in [1.165, 1.54) is 6.07 Å². The van der Waals surface area contributed by atoms with Crippen LogP contribution < -0.4 is 5.32 Å². The molecule has 1 heterocycles. The molecule has 0 aliphatic carbocycles. The van der Waals surface area contributed by atoms with Gasteiger partial charge in [0.15, 0.2) is 5.76 Å². The molecule has 23 heavy (non-hydrogen) atoms. The summed E-state index contributed by atoms with van der Waals surface area (Å²) < 4.78 is 5.61. The molecular weight excluding hydrogens is 335 g/mol. The predicted molar refractivity (Wildman–Crippen MR) is 90.1 cm³/mol. The molecule has 1 N–H and O–H groups in total. The second kappa shape index (κ2) is 5.96. The molecule has 0 saturated heterocycles. The average molecular weight is 345 g/mol. The van der Waals surface area contributed by atoms with E-state index in [-0.39, 0.29) is 10.8 Å². The minimum absolute atomic E-state index is 0.211. The van der Waals surface area contributed by atoms with Gasteiger partial charge in [0.1, 0.15) is 11.7 Å². The number of halogens is 2. The summed E-state index contributed by atoms with van der Waals surface area (Å²) in [5, 5.41) is 13.2. The van der Waals surface area contributed by atoms with Crippen molar-refractivity contribution >= 4 is 45.8 Å². The lowest BCUT2D eigenvalue weighted by atomic mass is 10.1. The summed E-state index contributed by atoms with van der Waals surface area (Å²) in [6.45, 7) is 1.79. The molecule has 1 aromatic heterocycles. The fraction of sp³-hybridized carbons (Fsp3) is 0.0588. The maximum absolute atomic E-state index is 12.4. The minimum Gasteiger partial charge on any atom is -0.451 e. The van der Waals surface area contributed by atoms with Crippen LogP contribution in [0.5, 0.6) is 0 Å². The van der Waals surface area contributed by atoms with Gasteiger partial charge < -0.3 is 9.73 Å². The van der Waals surface area contributed by atoms with Crippen LogP contribution in [0.25, 0.3) is 11.0 Å². The molecule has 0 bridgehead atoms. The van der Waals surface area contributed by atoms with Gasteiger partial charge in [-0.25, -0.2) is 0 Å². The Labute approximate surface area is 142 Å². The molecule has 6 heteroatoms. The number of carbonyl (C=O) groups is 1. The van der Waals surface area contributed by atoms with Crippen molar-refractivity contribution in [3.8, 4) is 6.07 Å². The number of rotatable bonds is 2. The molecule has 3 aromatic rings. The quantitative estimate of drug-likeness (QED) is 0.697. The number of aryl methyl sites for hydroxylation is 1. The number of hydrogen-bond acceptors (Lipinski definition) is 3. The van der Waals surface area contributed by atoms with Crippen molar-refractivity contribution in [1.29, 1.82) is 5.26 Å². The van der Waals surface area contributed by atoms with Gasteiger partial charge in [0.2, 0.25) is 0 Å². The number of hydrogen-bond donors (Lipinski definition) is 1. The molecule has 3 rings (SSSR count). The van der Waals surface area contributed by atoms with Crippen LogP contribution in [0.3, 0.4) is 0 Å². The Morgan fingerprint density at radius 3 is 2.70 bits per heavy atom. The van der Waals surface area contributed by atoms with Crippen LogP contribution in [0.15, 0.2) is 40.8 Å². The zero-order valence-corrected chi connectivity index (χ0v) is 13.5. The molecule has 114 valence electrons. The second-order valence-corrected chi connectivity index (χ2v) is 5.80. The number of nitriles is 1. The van der Waals surface area contributed by atoms with E-state index in [0.29, 0.717) is 27.4 Å². The smallest absolute Gasteiger partial charge is 0.291 e. The Hall–Kier alpha value is -2.48. The number of amides is 1. The van der Waals surface area contributed by atoms with Gasteiger partial charge in [-0.05, 0) is 43.3 Å². The summed E-state index contributed by atoms with van der Waals surface area (Å²) in [6, 6.07) is 11.8. The summed E-state index contributed by atoms with van der Waals surface area (Å²) in [5.74, 6) is -0.182. The van der Waals surface area contributed by atoms with Crippen molar-refractivity contribution in [3.05, 3.63) is 63.3 Å². The van der Waals surface area contributed by atoms with Crippen molar-refractivity contribution in [2.24, 2.45) is 0 Å². The van der Waals surface area contributed by atoms with E-state index in [2.05, 4.69) is 5.32 Å². The minimum atomic E-state index is -0.393. The van der Waals surface area contributed by atoms with Crippen molar-refractivity contribution in [2.45, 2.75) is 6.92 Å². The van der Waals surface area contributed by atoms with E-state index in [4.69, 9.17) is 32.9 Å². The molecule has 1 amide bonds. The Kier molecular flexibility index (Phi) is 3.99. The first-order valence-corrected chi connectivity index (χ1v) is 7.45. The van der Waals surface area contributed by atoms with Gasteiger partial charge >= 0.3 is 0 Å². The standard InChI is InChI=1S/C17H10Cl2N2O2/c1-9-13-6-11(18)3-5-15(13)23-16(9)17(22)21-12-4-2-10(8-20)14(19)7-12/h2-7H,1H3,(H,21,22). The average Bonchev–Trinajstić information content (AvgIpc) is 2.84. The highest BCUT2D eigenvalue weighted by Crippen LogP contribution is 2.29. The van der Waals surface area contributed by atoms with Gasteiger partial charge in [-0.3, -0.25) is 4.79 Å². The molecule has 0 aliphatic rings. The molecule has 4 nitrogen and oxygen atoms in total. The van der Waals surface area contributed by atoms with Crippen LogP contribution in [0.1, 0.15) is 21.7 Å². The largest absolute Gasteiger partial charge is 0.451 e. The highest BCUT2D eigenvalue weighted by Gasteiger charge is 2.18. The molecule has 0 unspecified atom stereocenters. The van der Waals surface area contributed by atoms with Crippen LogP contribution in [0, 0.1) is 18.3 Å². The van der Waals surface area contributed by atoms with E-state index in [1.54, 1.807) is 37.3 Å². The summed E-state index contributed by atoms with van der Waals surface area (Å²) in [4.78, 5) is 12.4. The number of furan rings is 1. The lowest BCUT2D eigenvalue weighted by Crippen LogP contribution is -2.12. The number of fused-ring (bicyclic) bond motifs is 1. The fourth-order valence-corrected chi connectivity index (χ4v) is 2.68. The first-order chi connectivity index (χ1) is 11.0. The molecule has 0 saturated carbocycles.